The first-order valence-corrected chi connectivity index (χ1v) is 8.39. The predicted molar refractivity (Wildman–Crippen MR) is 98.1 cm³/mol. The Labute approximate surface area is 152 Å². The van der Waals surface area contributed by atoms with Gasteiger partial charge in [-0.05, 0) is 19.1 Å². The molecular formula is C18H18FN5O3. The Bertz CT molecular complexity index is 1290. The molecule has 3 heterocycles. The number of hydrogen-bond donors (Lipinski definition) is 0. The molecule has 0 amide bonds. The highest BCUT2D eigenvalue weighted by molar-refractivity contribution is 5.76. The molecule has 0 atom stereocenters. The van der Waals surface area contributed by atoms with Crippen molar-refractivity contribution in [3.05, 3.63) is 62.8 Å². The predicted octanol–water partition coefficient (Wildman–Crippen LogP) is 1.23. The largest absolute Gasteiger partial charge is 0.383 e. The number of hydrogen-bond acceptors (Lipinski definition) is 4. The van der Waals surface area contributed by atoms with E-state index in [9.17, 15) is 14.0 Å². The van der Waals surface area contributed by atoms with Gasteiger partial charge >= 0.3 is 5.69 Å². The number of nitrogens with zero attached hydrogens (tertiary/aromatic N) is 5. The smallest absolute Gasteiger partial charge is 0.332 e. The quantitative estimate of drug-likeness (QED) is 0.541. The summed E-state index contributed by atoms with van der Waals surface area (Å²) in [5.74, 6) is -0.0404. The third-order valence-corrected chi connectivity index (χ3v) is 4.64. The van der Waals surface area contributed by atoms with Gasteiger partial charge in [0.05, 0.1) is 18.8 Å². The molecule has 0 saturated heterocycles. The van der Waals surface area contributed by atoms with Crippen LogP contribution in [0.2, 0.25) is 0 Å². The summed E-state index contributed by atoms with van der Waals surface area (Å²) in [6, 6.07) is 6.33. The van der Waals surface area contributed by atoms with Crippen molar-refractivity contribution in [3.8, 4) is 5.69 Å². The summed E-state index contributed by atoms with van der Waals surface area (Å²) in [6.45, 7) is 2.18. The lowest BCUT2D eigenvalue weighted by Gasteiger charge is -2.07. The highest BCUT2D eigenvalue weighted by Crippen LogP contribution is 2.22. The van der Waals surface area contributed by atoms with Gasteiger partial charge in [-0.15, -0.1) is 0 Å². The molecule has 1 aromatic carbocycles. The third kappa shape index (κ3) is 2.42. The van der Waals surface area contributed by atoms with Crippen molar-refractivity contribution in [2.24, 2.45) is 7.05 Å². The van der Waals surface area contributed by atoms with E-state index in [0.717, 1.165) is 4.57 Å². The number of methoxy groups -OCH3 is 1. The molecule has 0 aliphatic rings. The maximum Gasteiger partial charge on any atom is 0.332 e. The SMILES string of the molecule is COCCn1c(=O)c2c(nc3n(-c4ccccc4F)c(C)cn23)n(C)c1=O. The van der Waals surface area contributed by atoms with Crippen molar-refractivity contribution in [1.29, 1.82) is 0 Å². The van der Waals surface area contributed by atoms with Crippen LogP contribution in [0.5, 0.6) is 0 Å². The molecule has 0 fully saturated rings. The minimum atomic E-state index is -0.473. The zero-order valence-electron chi connectivity index (χ0n) is 15.1. The van der Waals surface area contributed by atoms with Gasteiger partial charge in [-0.25, -0.2) is 9.18 Å². The Morgan fingerprint density at radius 2 is 1.96 bits per heavy atom. The second kappa shape index (κ2) is 6.20. The van der Waals surface area contributed by atoms with E-state index < -0.39 is 17.1 Å². The molecule has 4 aromatic rings. The summed E-state index contributed by atoms with van der Waals surface area (Å²) in [7, 11) is 3.06. The summed E-state index contributed by atoms with van der Waals surface area (Å²) in [5.41, 5.74) is 0.620. The Kier molecular flexibility index (Phi) is 3.96. The molecule has 140 valence electrons. The van der Waals surface area contributed by atoms with Crippen LogP contribution in [0.1, 0.15) is 5.69 Å². The van der Waals surface area contributed by atoms with Crippen LogP contribution in [0, 0.1) is 12.7 Å². The van der Waals surface area contributed by atoms with Crippen LogP contribution in [0.25, 0.3) is 22.6 Å². The summed E-state index contributed by atoms with van der Waals surface area (Å²) in [5, 5.41) is 0. The van der Waals surface area contributed by atoms with Crippen LogP contribution in [0.15, 0.2) is 40.1 Å². The maximum absolute atomic E-state index is 14.3. The van der Waals surface area contributed by atoms with Gasteiger partial charge in [0.25, 0.3) is 5.56 Å². The number of aryl methyl sites for hydroxylation is 2. The first-order chi connectivity index (χ1) is 13.0. The summed E-state index contributed by atoms with van der Waals surface area (Å²) in [6.07, 6.45) is 1.71. The highest BCUT2D eigenvalue weighted by atomic mass is 19.1. The number of rotatable bonds is 4. The molecule has 3 aromatic heterocycles. The number of aromatic nitrogens is 5. The Hall–Kier alpha value is -3.20. The van der Waals surface area contributed by atoms with Crippen LogP contribution < -0.4 is 11.2 Å². The molecule has 0 spiro atoms. The number of imidazole rings is 2. The highest BCUT2D eigenvalue weighted by Gasteiger charge is 2.21. The van der Waals surface area contributed by atoms with Gasteiger partial charge in [-0.3, -0.25) is 22.9 Å². The average molecular weight is 371 g/mol. The Morgan fingerprint density at radius 1 is 1.22 bits per heavy atom. The van der Waals surface area contributed by atoms with Gasteiger partial charge in [-0.2, -0.15) is 4.98 Å². The van der Waals surface area contributed by atoms with Gasteiger partial charge in [0.15, 0.2) is 11.2 Å². The molecule has 0 aliphatic heterocycles. The summed E-state index contributed by atoms with van der Waals surface area (Å²) < 4.78 is 25.0. The van der Waals surface area contributed by atoms with Crippen LogP contribution in [0.4, 0.5) is 4.39 Å². The van der Waals surface area contributed by atoms with Gasteiger partial charge in [0, 0.05) is 26.0 Å². The van der Waals surface area contributed by atoms with E-state index >= 15 is 0 Å². The lowest BCUT2D eigenvalue weighted by Crippen LogP contribution is -2.40. The van der Waals surface area contributed by atoms with Crippen LogP contribution in [0.3, 0.4) is 0 Å². The zero-order chi connectivity index (χ0) is 19.3. The van der Waals surface area contributed by atoms with Gasteiger partial charge < -0.3 is 4.74 Å². The van der Waals surface area contributed by atoms with E-state index in [1.54, 1.807) is 47.3 Å². The molecule has 0 radical (unpaired) electrons. The normalized spacial score (nSPS) is 11.7. The Balaban J connectivity index is 2.11. The van der Waals surface area contributed by atoms with E-state index in [1.165, 1.54) is 17.7 Å². The molecule has 0 saturated carbocycles. The topological polar surface area (TPSA) is 75.5 Å². The molecule has 4 rings (SSSR count). The summed E-state index contributed by atoms with van der Waals surface area (Å²) >= 11 is 0. The monoisotopic (exact) mass is 371 g/mol. The van der Waals surface area contributed by atoms with Crippen LogP contribution >= 0.6 is 0 Å². The van der Waals surface area contributed by atoms with Crippen molar-refractivity contribution in [1.82, 2.24) is 23.1 Å². The molecular weight excluding hydrogens is 353 g/mol. The molecule has 27 heavy (non-hydrogen) atoms. The molecule has 8 nitrogen and oxygen atoms in total. The zero-order valence-corrected chi connectivity index (χ0v) is 15.1. The van der Waals surface area contributed by atoms with Gasteiger partial charge in [0.1, 0.15) is 5.82 Å². The van der Waals surface area contributed by atoms with E-state index in [1.807, 2.05) is 0 Å². The molecule has 0 bridgehead atoms. The second-order valence-corrected chi connectivity index (χ2v) is 6.30. The average Bonchev–Trinajstić information content (AvgIpc) is 3.15. The molecule has 0 unspecified atom stereocenters. The van der Waals surface area contributed by atoms with Crippen LogP contribution in [-0.4, -0.2) is 36.8 Å². The molecule has 9 heteroatoms. The van der Waals surface area contributed by atoms with E-state index in [-0.39, 0.29) is 24.3 Å². The number of ether oxygens (including phenoxy) is 1. The summed E-state index contributed by atoms with van der Waals surface area (Å²) in [4.78, 5) is 30.0. The fourth-order valence-corrected chi connectivity index (χ4v) is 3.32. The Morgan fingerprint density at radius 3 is 2.67 bits per heavy atom. The van der Waals surface area contributed by atoms with Crippen molar-refractivity contribution in [2.45, 2.75) is 13.5 Å². The van der Waals surface area contributed by atoms with Gasteiger partial charge in [0.2, 0.25) is 5.78 Å². The number of para-hydroxylation sites is 1. The third-order valence-electron chi connectivity index (χ3n) is 4.64. The molecule has 0 N–H and O–H groups in total. The minimum absolute atomic E-state index is 0.137. The number of benzene rings is 1. The maximum atomic E-state index is 14.3. The lowest BCUT2D eigenvalue weighted by molar-refractivity contribution is 0.184. The van der Waals surface area contributed by atoms with E-state index in [2.05, 4.69) is 4.98 Å². The minimum Gasteiger partial charge on any atom is -0.383 e. The van der Waals surface area contributed by atoms with Crippen molar-refractivity contribution in [3.63, 3.8) is 0 Å². The fourth-order valence-electron chi connectivity index (χ4n) is 3.32. The van der Waals surface area contributed by atoms with Crippen LogP contribution in [-0.2, 0) is 18.3 Å². The van der Waals surface area contributed by atoms with E-state index in [0.29, 0.717) is 17.2 Å². The van der Waals surface area contributed by atoms with Crippen molar-refractivity contribution >= 4 is 16.9 Å². The first-order valence-electron chi connectivity index (χ1n) is 8.39. The first kappa shape index (κ1) is 17.2. The van der Waals surface area contributed by atoms with E-state index in [4.69, 9.17) is 4.74 Å². The second-order valence-electron chi connectivity index (χ2n) is 6.30. The van der Waals surface area contributed by atoms with Gasteiger partial charge in [-0.1, -0.05) is 12.1 Å². The molecule has 0 aliphatic carbocycles. The fraction of sp³-hybridized carbons (Fsp3) is 0.278. The van der Waals surface area contributed by atoms with Crippen molar-refractivity contribution in [2.75, 3.05) is 13.7 Å². The lowest BCUT2D eigenvalue weighted by atomic mass is 10.3. The van der Waals surface area contributed by atoms with Crippen molar-refractivity contribution < 1.29 is 9.13 Å². The standard InChI is InChI=1S/C18H18FN5O3/c1-11-10-23-14-15(21(2)18(26)22(16(14)25)8-9-27-3)20-17(23)24(11)13-7-5-4-6-12(13)19/h4-7,10H,8-9H2,1-3H3. The number of halogens is 1. The number of fused-ring (bicyclic) bond motifs is 3.